The van der Waals surface area contributed by atoms with Gasteiger partial charge in [0.25, 0.3) is 0 Å². The number of ether oxygens (including phenoxy) is 2. The highest BCUT2D eigenvalue weighted by atomic mass is 16.6. The highest BCUT2D eigenvalue weighted by Crippen LogP contribution is 2.14. The van der Waals surface area contributed by atoms with Gasteiger partial charge in [0.1, 0.15) is 11.6 Å². The number of amides is 1. The summed E-state index contributed by atoms with van der Waals surface area (Å²) in [5.74, 6) is 0.0730. The Morgan fingerprint density at radius 1 is 1.11 bits per heavy atom. The number of hydrogen-bond acceptors (Lipinski definition) is 6. The lowest BCUT2D eigenvalue weighted by Crippen LogP contribution is -2.52. The molecule has 1 aliphatic rings. The third-order valence-corrected chi connectivity index (χ3v) is 4.88. The Bertz CT molecular complexity index is 483. The van der Waals surface area contributed by atoms with Crippen molar-refractivity contribution in [1.29, 1.82) is 0 Å². The van der Waals surface area contributed by atoms with Crippen molar-refractivity contribution in [2.45, 2.75) is 66.0 Å². The average Bonchev–Trinajstić information content (AvgIpc) is 2.59. The van der Waals surface area contributed by atoms with Crippen molar-refractivity contribution in [3.63, 3.8) is 0 Å². The van der Waals surface area contributed by atoms with Crippen LogP contribution in [-0.2, 0) is 14.3 Å². The van der Waals surface area contributed by atoms with Crippen LogP contribution < -0.4 is 0 Å². The summed E-state index contributed by atoms with van der Waals surface area (Å²) in [6, 6.07) is -0.222. The van der Waals surface area contributed by atoms with Gasteiger partial charge in [-0.2, -0.15) is 0 Å². The molecule has 7 heteroatoms. The number of piperazine rings is 1. The van der Waals surface area contributed by atoms with E-state index in [1.165, 1.54) is 0 Å². The van der Waals surface area contributed by atoms with Crippen molar-refractivity contribution in [1.82, 2.24) is 14.7 Å². The number of unbranched alkanes of at least 4 members (excludes halogenated alkanes) is 1. The van der Waals surface area contributed by atoms with Crippen LogP contribution >= 0.6 is 0 Å². The van der Waals surface area contributed by atoms with Crippen molar-refractivity contribution in [2.75, 3.05) is 52.9 Å². The van der Waals surface area contributed by atoms with Gasteiger partial charge in [0.2, 0.25) is 0 Å². The van der Waals surface area contributed by atoms with Gasteiger partial charge >= 0.3 is 12.1 Å². The molecule has 0 spiro atoms. The molecule has 0 radical (unpaired) electrons. The molecule has 1 heterocycles. The Morgan fingerprint density at radius 2 is 1.71 bits per heavy atom. The molecule has 0 bridgehead atoms. The van der Waals surface area contributed by atoms with Crippen molar-refractivity contribution in [3.05, 3.63) is 0 Å². The second-order valence-corrected chi connectivity index (χ2v) is 9.00. The first-order valence-electron chi connectivity index (χ1n) is 10.6. The van der Waals surface area contributed by atoms with E-state index in [0.717, 1.165) is 39.0 Å². The van der Waals surface area contributed by atoms with Gasteiger partial charge in [-0.05, 0) is 40.2 Å². The maximum atomic E-state index is 12.4. The van der Waals surface area contributed by atoms with Gasteiger partial charge in [0.15, 0.2) is 0 Å². The third-order valence-electron chi connectivity index (χ3n) is 4.88. The van der Waals surface area contributed by atoms with Crippen LogP contribution in [0.2, 0.25) is 0 Å². The van der Waals surface area contributed by atoms with Gasteiger partial charge in [0, 0.05) is 39.3 Å². The molecule has 1 amide bonds. The summed E-state index contributed by atoms with van der Waals surface area (Å²) < 4.78 is 10.9. The molecule has 1 atom stereocenters. The first-order chi connectivity index (χ1) is 13.0. The SMILES string of the molecule is CCCCOC(=O)[C@H](C(C)C)N(C)CCN1CCN(C(=O)OC(C)(C)C)CC1. The molecule has 1 saturated heterocycles. The number of likely N-dealkylation sites (N-methyl/N-ethyl adjacent to an activating group) is 1. The van der Waals surface area contributed by atoms with Gasteiger partial charge in [-0.15, -0.1) is 0 Å². The first kappa shape index (κ1) is 24.7. The first-order valence-corrected chi connectivity index (χ1v) is 10.6. The number of carbonyl (C=O) groups is 2. The Balaban J connectivity index is 2.42. The molecule has 1 aliphatic heterocycles. The number of carbonyl (C=O) groups excluding carboxylic acids is 2. The van der Waals surface area contributed by atoms with Crippen molar-refractivity contribution >= 4 is 12.1 Å². The molecule has 1 fully saturated rings. The molecule has 28 heavy (non-hydrogen) atoms. The second-order valence-electron chi connectivity index (χ2n) is 9.00. The van der Waals surface area contributed by atoms with E-state index in [2.05, 4.69) is 30.6 Å². The van der Waals surface area contributed by atoms with Crippen molar-refractivity contribution < 1.29 is 19.1 Å². The Morgan fingerprint density at radius 3 is 2.21 bits per heavy atom. The number of esters is 1. The highest BCUT2D eigenvalue weighted by molar-refractivity contribution is 5.76. The number of hydrogen-bond donors (Lipinski definition) is 0. The minimum absolute atomic E-state index is 0.124. The van der Waals surface area contributed by atoms with Crippen LogP contribution in [0.1, 0.15) is 54.4 Å². The summed E-state index contributed by atoms with van der Waals surface area (Å²) in [4.78, 5) is 30.8. The van der Waals surface area contributed by atoms with E-state index in [1.807, 2.05) is 27.8 Å². The fraction of sp³-hybridized carbons (Fsp3) is 0.905. The Kier molecular flexibility index (Phi) is 10.2. The number of rotatable bonds is 9. The third kappa shape index (κ3) is 8.78. The maximum Gasteiger partial charge on any atom is 0.410 e. The van der Waals surface area contributed by atoms with Crippen LogP contribution in [0.4, 0.5) is 4.79 Å². The van der Waals surface area contributed by atoms with E-state index in [-0.39, 0.29) is 24.0 Å². The van der Waals surface area contributed by atoms with Crippen LogP contribution in [0.25, 0.3) is 0 Å². The van der Waals surface area contributed by atoms with Gasteiger partial charge in [-0.3, -0.25) is 14.6 Å². The molecule has 7 nitrogen and oxygen atoms in total. The highest BCUT2D eigenvalue weighted by Gasteiger charge is 2.29. The topological polar surface area (TPSA) is 62.3 Å². The largest absolute Gasteiger partial charge is 0.465 e. The second kappa shape index (κ2) is 11.6. The smallest absolute Gasteiger partial charge is 0.410 e. The zero-order valence-corrected chi connectivity index (χ0v) is 19.0. The van der Waals surface area contributed by atoms with E-state index in [0.29, 0.717) is 19.7 Å². The fourth-order valence-electron chi connectivity index (χ4n) is 3.28. The molecule has 0 aromatic carbocycles. The monoisotopic (exact) mass is 399 g/mol. The van der Waals surface area contributed by atoms with Crippen LogP contribution in [0.3, 0.4) is 0 Å². The van der Waals surface area contributed by atoms with E-state index in [9.17, 15) is 9.59 Å². The summed E-state index contributed by atoms with van der Waals surface area (Å²) in [6.45, 7) is 17.0. The van der Waals surface area contributed by atoms with Crippen LogP contribution in [0.5, 0.6) is 0 Å². The molecule has 0 unspecified atom stereocenters. The summed E-state index contributed by atoms with van der Waals surface area (Å²) in [7, 11) is 1.99. The zero-order valence-electron chi connectivity index (χ0n) is 19.0. The molecule has 0 aromatic rings. The molecule has 0 aliphatic carbocycles. The molecule has 0 saturated carbocycles. The summed E-state index contributed by atoms with van der Waals surface area (Å²) in [5, 5.41) is 0. The predicted molar refractivity (Wildman–Crippen MR) is 111 cm³/mol. The lowest BCUT2D eigenvalue weighted by Gasteiger charge is -2.37. The Labute approximate surface area is 171 Å². The number of nitrogens with zero attached hydrogens (tertiary/aromatic N) is 3. The normalized spacial score (nSPS) is 17.1. The Hall–Kier alpha value is -1.34. The average molecular weight is 400 g/mol. The van der Waals surface area contributed by atoms with Crippen molar-refractivity contribution in [3.8, 4) is 0 Å². The standard InChI is InChI=1S/C21H41N3O4/c1-8-9-16-27-19(25)18(17(2)3)22(7)10-11-23-12-14-24(15-13-23)20(26)28-21(4,5)6/h17-18H,8-16H2,1-7H3/t18-/m0/s1. The molecule has 164 valence electrons. The molecular formula is C21H41N3O4. The lowest BCUT2D eigenvalue weighted by molar-refractivity contribution is -0.151. The molecular weight excluding hydrogens is 358 g/mol. The van der Waals surface area contributed by atoms with E-state index in [4.69, 9.17) is 9.47 Å². The van der Waals surface area contributed by atoms with E-state index >= 15 is 0 Å². The summed E-state index contributed by atoms with van der Waals surface area (Å²) >= 11 is 0. The summed E-state index contributed by atoms with van der Waals surface area (Å²) in [5.41, 5.74) is -0.464. The predicted octanol–water partition coefficient (Wildman–Crippen LogP) is 2.84. The maximum absolute atomic E-state index is 12.4. The minimum atomic E-state index is -0.464. The van der Waals surface area contributed by atoms with E-state index < -0.39 is 5.60 Å². The van der Waals surface area contributed by atoms with Crippen LogP contribution in [0.15, 0.2) is 0 Å². The van der Waals surface area contributed by atoms with E-state index in [1.54, 1.807) is 4.90 Å². The van der Waals surface area contributed by atoms with Crippen LogP contribution in [-0.4, -0.2) is 91.3 Å². The molecule has 0 N–H and O–H groups in total. The zero-order chi connectivity index (χ0) is 21.3. The lowest BCUT2D eigenvalue weighted by atomic mass is 10.0. The van der Waals surface area contributed by atoms with Gasteiger partial charge in [-0.1, -0.05) is 27.2 Å². The van der Waals surface area contributed by atoms with Gasteiger partial charge in [-0.25, -0.2) is 4.79 Å². The fourth-order valence-corrected chi connectivity index (χ4v) is 3.28. The van der Waals surface area contributed by atoms with Gasteiger partial charge < -0.3 is 14.4 Å². The summed E-state index contributed by atoms with van der Waals surface area (Å²) in [6.07, 6.45) is 1.69. The minimum Gasteiger partial charge on any atom is -0.465 e. The quantitative estimate of drug-likeness (QED) is 0.439. The molecule has 1 rings (SSSR count). The van der Waals surface area contributed by atoms with Gasteiger partial charge in [0.05, 0.1) is 6.61 Å². The molecule has 0 aromatic heterocycles. The van der Waals surface area contributed by atoms with Crippen LogP contribution in [0, 0.1) is 5.92 Å². The van der Waals surface area contributed by atoms with Crippen molar-refractivity contribution in [2.24, 2.45) is 5.92 Å².